The van der Waals surface area contributed by atoms with Gasteiger partial charge in [0.2, 0.25) is 0 Å². The summed E-state index contributed by atoms with van der Waals surface area (Å²) in [6, 6.07) is 6.30. The molecule has 0 radical (unpaired) electrons. The van der Waals surface area contributed by atoms with Gasteiger partial charge in [-0.05, 0) is 22.6 Å². The number of rotatable bonds is 1. The van der Waals surface area contributed by atoms with E-state index in [4.69, 9.17) is 0 Å². The largest absolute Gasteiger partial charge is 0.205 e. The number of hydrogen-bond acceptors (Lipinski definition) is 3. The van der Waals surface area contributed by atoms with Crippen LogP contribution >= 0.6 is 0 Å². The van der Waals surface area contributed by atoms with Crippen molar-refractivity contribution in [1.82, 2.24) is 20.2 Å². The second kappa shape index (κ2) is 5.06. The lowest BCUT2D eigenvalue weighted by atomic mass is 10.3. The van der Waals surface area contributed by atoms with Crippen LogP contribution in [-0.2, 0) is 0 Å². The van der Waals surface area contributed by atoms with E-state index in [9.17, 15) is 4.39 Å². The molecule has 0 aliphatic rings. The SMILES string of the molecule is CC.Fc1ccccc1-n1cnnn1. The highest BCUT2D eigenvalue weighted by Crippen LogP contribution is 2.09. The molecule has 5 heteroatoms. The molecule has 1 aromatic heterocycles. The molecule has 0 aliphatic heterocycles. The van der Waals surface area contributed by atoms with Crippen LogP contribution in [0.3, 0.4) is 0 Å². The van der Waals surface area contributed by atoms with Crippen molar-refractivity contribution in [3.8, 4) is 5.69 Å². The maximum absolute atomic E-state index is 13.0. The van der Waals surface area contributed by atoms with Gasteiger partial charge in [-0.15, -0.1) is 5.10 Å². The van der Waals surface area contributed by atoms with E-state index >= 15 is 0 Å². The number of aromatic nitrogens is 4. The van der Waals surface area contributed by atoms with Gasteiger partial charge in [0, 0.05) is 0 Å². The molecule has 0 unspecified atom stereocenters. The Balaban J connectivity index is 0.000000461. The standard InChI is InChI=1S/C7H5FN4.C2H6/c8-6-3-1-2-4-7(6)12-5-9-10-11-12;1-2/h1-5H;1-2H3. The maximum atomic E-state index is 13.0. The van der Waals surface area contributed by atoms with Crippen LogP contribution in [0.1, 0.15) is 13.8 Å². The lowest BCUT2D eigenvalue weighted by Gasteiger charge is -1.98. The van der Waals surface area contributed by atoms with Gasteiger partial charge in [0.1, 0.15) is 17.8 Å². The summed E-state index contributed by atoms with van der Waals surface area (Å²) in [5, 5.41) is 10.4. The van der Waals surface area contributed by atoms with Crippen molar-refractivity contribution in [3.63, 3.8) is 0 Å². The summed E-state index contributed by atoms with van der Waals surface area (Å²) in [4.78, 5) is 0. The molecule has 2 rings (SSSR count). The molecule has 1 aromatic carbocycles. The Hall–Kier alpha value is -1.78. The summed E-state index contributed by atoms with van der Waals surface area (Å²) in [6.45, 7) is 4.00. The van der Waals surface area contributed by atoms with Crippen LogP contribution in [0, 0.1) is 5.82 Å². The third-order valence-electron chi connectivity index (χ3n) is 1.45. The van der Waals surface area contributed by atoms with Gasteiger partial charge in [-0.25, -0.2) is 4.39 Å². The minimum Gasteiger partial charge on any atom is -0.205 e. The molecule has 74 valence electrons. The Morgan fingerprint density at radius 3 is 2.50 bits per heavy atom. The van der Waals surface area contributed by atoms with Crippen LogP contribution in [0.15, 0.2) is 30.6 Å². The van der Waals surface area contributed by atoms with E-state index in [1.807, 2.05) is 13.8 Å². The number of halogens is 1. The molecule has 0 saturated carbocycles. The normalized spacial score (nSPS) is 9.07. The second-order valence-electron chi connectivity index (χ2n) is 2.21. The fourth-order valence-corrected chi connectivity index (χ4v) is 0.909. The zero-order valence-corrected chi connectivity index (χ0v) is 8.05. The van der Waals surface area contributed by atoms with Crippen LogP contribution in [0.4, 0.5) is 4.39 Å². The second-order valence-corrected chi connectivity index (χ2v) is 2.21. The van der Waals surface area contributed by atoms with Gasteiger partial charge in [0.25, 0.3) is 0 Å². The molecule has 0 saturated heterocycles. The lowest BCUT2D eigenvalue weighted by Crippen LogP contribution is -1.97. The van der Waals surface area contributed by atoms with Crippen LogP contribution in [0.25, 0.3) is 5.69 Å². The zero-order chi connectivity index (χ0) is 10.4. The smallest absolute Gasteiger partial charge is 0.148 e. The number of hydrogen-bond donors (Lipinski definition) is 0. The molecule has 0 bridgehead atoms. The van der Waals surface area contributed by atoms with Gasteiger partial charge >= 0.3 is 0 Å². The molecular weight excluding hydrogens is 183 g/mol. The van der Waals surface area contributed by atoms with Crippen LogP contribution in [0.2, 0.25) is 0 Å². The fraction of sp³-hybridized carbons (Fsp3) is 0.222. The molecule has 0 aliphatic carbocycles. The minimum absolute atomic E-state index is 0.343. The summed E-state index contributed by atoms with van der Waals surface area (Å²) in [7, 11) is 0. The van der Waals surface area contributed by atoms with Crippen LogP contribution < -0.4 is 0 Å². The monoisotopic (exact) mass is 194 g/mol. The first-order chi connectivity index (χ1) is 6.88. The van der Waals surface area contributed by atoms with E-state index in [1.54, 1.807) is 18.2 Å². The quantitative estimate of drug-likeness (QED) is 0.695. The van der Waals surface area contributed by atoms with Crippen molar-refractivity contribution in [2.24, 2.45) is 0 Å². The Bertz CT molecular complexity index is 372. The number of benzene rings is 1. The number of nitrogens with zero attached hydrogens (tertiary/aromatic N) is 4. The molecule has 0 amide bonds. The van der Waals surface area contributed by atoms with Crippen molar-refractivity contribution in [2.75, 3.05) is 0 Å². The molecule has 0 fully saturated rings. The van der Waals surface area contributed by atoms with E-state index in [0.29, 0.717) is 5.69 Å². The predicted molar refractivity (Wildman–Crippen MR) is 50.5 cm³/mol. The highest BCUT2D eigenvalue weighted by molar-refractivity contribution is 5.30. The zero-order valence-electron chi connectivity index (χ0n) is 8.05. The molecule has 1 heterocycles. The van der Waals surface area contributed by atoms with E-state index in [2.05, 4.69) is 15.5 Å². The molecule has 2 aromatic rings. The van der Waals surface area contributed by atoms with Gasteiger partial charge in [-0.2, -0.15) is 4.68 Å². The third-order valence-corrected chi connectivity index (χ3v) is 1.45. The van der Waals surface area contributed by atoms with E-state index in [0.717, 1.165) is 0 Å². The third kappa shape index (κ3) is 2.12. The average molecular weight is 194 g/mol. The summed E-state index contributed by atoms with van der Waals surface area (Å²) in [6.07, 6.45) is 1.35. The highest BCUT2D eigenvalue weighted by atomic mass is 19.1. The van der Waals surface area contributed by atoms with Gasteiger partial charge in [-0.3, -0.25) is 0 Å². The summed E-state index contributed by atoms with van der Waals surface area (Å²) < 4.78 is 14.3. The number of para-hydroxylation sites is 1. The van der Waals surface area contributed by atoms with Crippen LogP contribution in [-0.4, -0.2) is 20.2 Å². The van der Waals surface area contributed by atoms with Gasteiger partial charge in [0.15, 0.2) is 0 Å². The molecule has 14 heavy (non-hydrogen) atoms. The molecule has 0 N–H and O–H groups in total. The Kier molecular flexibility index (Phi) is 3.72. The van der Waals surface area contributed by atoms with Gasteiger partial charge in [-0.1, -0.05) is 26.0 Å². The average Bonchev–Trinajstić information content (AvgIpc) is 2.75. The topological polar surface area (TPSA) is 43.6 Å². The lowest BCUT2D eigenvalue weighted by molar-refractivity contribution is 0.607. The van der Waals surface area contributed by atoms with Crippen molar-refractivity contribution >= 4 is 0 Å². The van der Waals surface area contributed by atoms with E-state index < -0.39 is 0 Å². The van der Waals surface area contributed by atoms with Gasteiger partial charge in [0.05, 0.1) is 0 Å². The first kappa shape index (κ1) is 10.3. The molecule has 4 nitrogen and oxygen atoms in total. The first-order valence-corrected chi connectivity index (χ1v) is 4.36. The highest BCUT2D eigenvalue weighted by Gasteiger charge is 2.02. The Morgan fingerprint density at radius 2 is 1.93 bits per heavy atom. The Labute approximate surface area is 81.4 Å². The summed E-state index contributed by atoms with van der Waals surface area (Å²) >= 11 is 0. The Morgan fingerprint density at radius 1 is 1.21 bits per heavy atom. The van der Waals surface area contributed by atoms with Crippen molar-refractivity contribution in [3.05, 3.63) is 36.4 Å². The molecular formula is C9H11FN4. The number of tetrazole rings is 1. The van der Waals surface area contributed by atoms with E-state index in [1.165, 1.54) is 17.1 Å². The van der Waals surface area contributed by atoms with Crippen molar-refractivity contribution < 1.29 is 4.39 Å². The maximum Gasteiger partial charge on any atom is 0.148 e. The molecule has 0 spiro atoms. The van der Waals surface area contributed by atoms with Crippen molar-refractivity contribution in [2.45, 2.75) is 13.8 Å². The van der Waals surface area contributed by atoms with Crippen molar-refractivity contribution in [1.29, 1.82) is 0 Å². The summed E-state index contributed by atoms with van der Waals surface area (Å²) in [5.74, 6) is -0.343. The molecule has 0 atom stereocenters. The van der Waals surface area contributed by atoms with Crippen LogP contribution in [0.5, 0.6) is 0 Å². The fourth-order valence-electron chi connectivity index (χ4n) is 0.909. The van der Waals surface area contributed by atoms with Gasteiger partial charge < -0.3 is 0 Å². The predicted octanol–water partition coefficient (Wildman–Crippen LogP) is 1.83. The first-order valence-electron chi connectivity index (χ1n) is 4.36. The minimum atomic E-state index is -0.343. The van der Waals surface area contributed by atoms with E-state index in [-0.39, 0.29) is 5.82 Å². The summed E-state index contributed by atoms with van der Waals surface area (Å²) in [5.41, 5.74) is 0.350.